The van der Waals surface area contributed by atoms with Crippen molar-refractivity contribution < 1.29 is 18.6 Å². The molecule has 8 heteroatoms. The van der Waals surface area contributed by atoms with Gasteiger partial charge in [0.15, 0.2) is 5.76 Å². The molecule has 1 heterocycles. The molecule has 0 fully saturated rings. The van der Waals surface area contributed by atoms with Crippen LogP contribution in [0.4, 0.5) is 0 Å². The number of benzene rings is 3. The first kappa shape index (κ1) is 22.9. The summed E-state index contributed by atoms with van der Waals surface area (Å²) in [4.78, 5) is 15.9. The van der Waals surface area contributed by atoms with Gasteiger partial charge < -0.3 is 18.6 Å². The van der Waals surface area contributed by atoms with Crippen molar-refractivity contribution >= 4 is 11.0 Å². The summed E-state index contributed by atoms with van der Waals surface area (Å²) in [5, 5.41) is 3.87. The van der Waals surface area contributed by atoms with E-state index in [1.807, 2.05) is 48.5 Å². The Balaban J connectivity index is 1.52. The lowest BCUT2D eigenvalue weighted by atomic mass is 10.1. The fourth-order valence-electron chi connectivity index (χ4n) is 3.35. The molecule has 0 radical (unpaired) electrons. The highest BCUT2D eigenvalue weighted by Crippen LogP contribution is 2.32. The molecule has 0 atom stereocenters. The Bertz CT molecular complexity index is 1330. The largest absolute Gasteiger partial charge is 0.491 e. The summed E-state index contributed by atoms with van der Waals surface area (Å²) in [5.41, 5.74) is 10.2. The quantitative estimate of drug-likeness (QED) is 0.123. The van der Waals surface area contributed by atoms with Crippen molar-refractivity contribution in [2.45, 2.75) is 6.61 Å². The molecule has 0 aliphatic rings. The maximum absolute atomic E-state index is 13.2. The number of azide groups is 1. The van der Waals surface area contributed by atoms with Crippen LogP contribution in [0.1, 0.15) is 5.56 Å². The van der Waals surface area contributed by atoms with E-state index in [4.69, 9.17) is 24.2 Å². The Kier molecular flexibility index (Phi) is 7.79. The van der Waals surface area contributed by atoms with Crippen molar-refractivity contribution in [1.82, 2.24) is 0 Å². The smallest absolute Gasteiger partial charge is 0.235 e. The molecule has 0 spiro atoms. The van der Waals surface area contributed by atoms with Gasteiger partial charge in [0.2, 0.25) is 11.2 Å². The minimum Gasteiger partial charge on any atom is -0.491 e. The highest BCUT2D eigenvalue weighted by molar-refractivity contribution is 5.82. The van der Waals surface area contributed by atoms with Crippen LogP contribution in [0.5, 0.6) is 11.5 Å². The van der Waals surface area contributed by atoms with Crippen molar-refractivity contribution in [3.8, 4) is 22.8 Å². The minimum absolute atomic E-state index is 0.171. The summed E-state index contributed by atoms with van der Waals surface area (Å²) in [7, 11) is 0. The fourth-order valence-corrected chi connectivity index (χ4v) is 3.35. The minimum atomic E-state index is -0.217. The van der Waals surface area contributed by atoms with Gasteiger partial charge in [-0.1, -0.05) is 47.6 Å². The Morgan fingerprint density at radius 3 is 2.41 bits per heavy atom. The normalized spacial score (nSPS) is 10.6. The molecular formula is C26H23N3O5. The van der Waals surface area contributed by atoms with Gasteiger partial charge >= 0.3 is 0 Å². The Labute approximate surface area is 195 Å². The lowest BCUT2D eigenvalue weighted by molar-refractivity contribution is 0.106. The predicted molar refractivity (Wildman–Crippen MR) is 129 cm³/mol. The molecule has 1 aromatic heterocycles. The molecule has 0 aliphatic heterocycles. The van der Waals surface area contributed by atoms with E-state index in [0.29, 0.717) is 47.9 Å². The third-order valence-corrected chi connectivity index (χ3v) is 4.99. The number of para-hydroxylation sites is 1. The van der Waals surface area contributed by atoms with E-state index in [1.54, 1.807) is 30.3 Å². The fraction of sp³-hybridized carbons (Fsp3) is 0.192. The van der Waals surface area contributed by atoms with Crippen LogP contribution < -0.4 is 14.9 Å². The first-order chi connectivity index (χ1) is 16.8. The highest BCUT2D eigenvalue weighted by Gasteiger charge is 2.18. The second kappa shape index (κ2) is 11.6. The zero-order valence-electron chi connectivity index (χ0n) is 18.4. The van der Waals surface area contributed by atoms with Crippen LogP contribution >= 0.6 is 0 Å². The molecule has 4 rings (SSSR count). The van der Waals surface area contributed by atoms with Gasteiger partial charge in [-0.25, -0.2) is 0 Å². The average molecular weight is 457 g/mol. The van der Waals surface area contributed by atoms with Crippen LogP contribution in [-0.4, -0.2) is 26.4 Å². The topological polar surface area (TPSA) is 107 Å². The first-order valence-corrected chi connectivity index (χ1v) is 10.8. The molecule has 3 aromatic carbocycles. The standard InChI is InChI=1S/C26H23N3O5/c27-29-28-14-15-31-16-17-32-21-12-10-20(11-13-21)25-26(33-18-19-6-2-1-3-7-19)24(30)22-8-4-5-9-23(22)34-25/h1-13H,14-18H2. The highest BCUT2D eigenvalue weighted by atomic mass is 16.5. The van der Waals surface area contributed by atoms with Gasteiger partial charge in [-0.05, 0) is 47.5 Å². The van der Waals surface area contributed by atoms with Crippen molar-refractivity contribution in [3.05, 3.63) is 105 Å². The van der Waals surface area contributed by atoms with E-state index in [1.165, 1.54) is 0 Å². The Morgan fingerprint density at radius 1 is 0.853 bits per heavy atom. The van der Waals surface area contributed by atoms with Gasteiger partial charge in [0, 0.05) is 17.0 Å². The van der Waals surface area contributed by atoms with Gasteiger partial charge in [-0.15, -0.1) is 0 Å². The molecule has 0 saturated heterocycles. The zero-order chi connectivity index (χ0) is 23.6. The maximum Gasteiger partial charge on any atom is 0.235 e. The molecule has 0 saturated carbocycles. The molecule has 172 valence electrons. The zero-order valence-corrected chi connectivity index (χ0v) is 18.4. The molecule has 8 nitrogen and oxygen atoms in total. The summed E-state index contributed by atoms with van der Waals surface area (Å²) in [6, 6.07) is 24.0. The van der Waals surface area contributed by atoms with E-state index in [-0.39, 0.29) is 24.3 Å². The summed E-state index contributed by atoms with van der Waals surface area (Å²) >= 11 is 0. The summed E-state index contributed by atoms with van der Waals surface area (Å²) in [6.45, 7) is 1.61. The summed E-state index contributed by atoms with van der Waals surface area (Å²) in [6.07, 6.45) is 0. The maximum atomic E-state index is 13.2. The third-order valence-electron chi connectivity index (χ3n) is 4.99. The van der Waals surface area contributed by atoms with Crippen LogP contribution in [0.2, 0.25) is 0 Å². The molecule has 0 amide bonds. The number of fused-ring (bicyclic) bond motifs is 1. The number of rotatable bonds is 11. The number of nitrogens with zero attached hydrogens (tertiary/aromatic N) is 3. The molecule has 4 aromatic rings. The Morgan fingerprint density at radius 2 is 1.62 bits per heavy atom. The number of ether oxygens (including phenoxy) is 3. The molecule has 0 N–H and O–H groups in total. The van der Waals surface area contributed by atoms with Gasteiger partial charge in [0.05, 0.1) is 18.6 Å². The monoisotopic (exact) mass is 457 g/mol. The van der Waals surface area contributed by atoms with E-state index in [0.717, 1.165) is 5.56 Å². The van der Waals surface area contributed by atoms with E-state index in [9.17, 15) is 4.79 Å². The van der Waals surface area contributed by atoms with Gasteiger partial charge in [-0.2, -0.15) is 0 Å². The second-order valence-electron chi connectivity index (χ2n) is 7.30. The van der Waals surface area contributed by atoms with Crippen LogP contribution in [-0.2, 0) is 11.3 Å². The van der Waals surface area contributed by atoms with E-state index >= 15 is 0 Å². The van der Waals surface area contributed by atoms with Gasteiger partial charge in [0.25, 0.3) is 0 Å². The van der Waals surface area contributed by atoms with Crippen LogP contribution in [0.3, 0.4) is 0 Å². The van der Waals surface area contributed by atoms with Gasteiger partial charge in [-0.3, -0.25) is 4.79 Å². The summed E-state index contributed by atoms with van der Waals surface area (Å²) in [5.74, 6) is 1.19. The lowest BCUT2D eigenvalue weighted by Gasteiger charge is -2.12. The van der Waals surface area contributed by atoms with Crippen LogP contribution in [0.25, 0.3) is 32.7 Å². The second-order valence-corrected chi connectivity index (χ2v) is 7.30. The SMILES string of the molecule is [N-]=[N+]=NCCOCCOc1ccc(-c2oc3ccccc3c(=O)c2OCc2ccccc2)cc1. The molecule has 0 aliphatic carbocycles. The van der Waals surface area contributed by atoms with E-state index in [2.05, 4.69) is 10.0 Å². The molecule has 0 bridgehead atoms. The molecule has 0 unspecified atom stereocenters. The van der Waals surface area contributed by atoms with Crippen molar-refractivity contribution in [3.63, 3.8) is 0 Å². The molecular weight excluding hydrogens is 434 g/mol. The van der Waals surface area contributed by atoms with Crippen LogP contribution in [0, 0.1) is 0 Å². The predicted octanol–water partition coefficient (Wildman–Crippen LogP) is 5.74. The number of hydrogen-bond acceptors (Lipinski definition) is 6. The summed E-state index contributed by atoms with van der Waals surface area (Å²) < 4.78 is 23.1. The van der Waals surface area contributed by atoms with Crippen LogP contribution in [0.15, 0.2) is 93.2 Å². The van der Waals surface area contributed by atoms with Gasteiger partial charge in [0.1, 0.15) is 24.5 Å². The molecule has 34 heavy (non-hydrogen) atoms. The van der Waals surface area contributed by atoms with Crippen molar-refractivity contribution in [2.75, 3.05) is 26.4 Å². The number of hydrogen-bond donors (Lipinski definition) is 0. The first-order valence-electron chi connectivity index (χ1n) is 10.8. The lowest BCUT2D eigenvalue weighted by Crippen LogP contribution is -2.10. The Hall–Kier alpha value is -4.26. The van der Waals surface area contributed by atoms with E-state index < -0.39 is 0 Å². The average Bonchev–Trinajstić information content (AvgIpc) is 2.88. The third kappa shape index (κ3) is 5.75. The van der Waals surface area contributed by atoms with Crippen molar-refractivity contribution in [2.24, 2.45) is 5.11 Å². The van der Waals surface area contributed by atoms with Crippen molar-refractivity contribution in [1.29, 1.82) is 0 Å².